The molecule has 116 valence electrons. The number of hydrogen-bond donors (Lipinski definition) is 2. The normalized spacial score (nSPS) is 30.2. The standard InChI is InChI=1S/C16H30N2O2/c1-11(2)18(6-7-19)10-16(20)17-12(3)15-9-13-4-5-14(15)8-13/h11-15,19H,4-10H2,1-3H3,(H,17,20). The summed E-state index contributed by atoms with van der Waals surface area (Å²) in [7, 11) is 0. The van der Waals surface area contributed by atoms with Crippen molar-refractivity contribution in [3.63, 3.8) is 0 Å². The van der Waals surface area contributed by atoms with E-state index in [9.17, 15) is 4.79 Å². The first-order valence-corrected chi connectivity index (χ1v) is 8.15. The highest BCUT2D eigenvalue weighted by Crippen LogP contribution is 2.49. The zero-order valence-corrected chi connectivity index (χ0v) is 13.1. The summed E-state index contributed by atoms with van der Waals surface area (Å²) in [5.74, 6) is 2.55. The van der Waals surface area contributed by atoms with Crippen LogP contribution in [0.2, 0.25) is 0 Å². The molecule has 1 amide bonds. The molecule has 2 saturated carbocycles. The van der Waals surface area contributed by atoms with Crippen molar-refractivity contribution in [1.29, 1.82) is 0 Å². The van der Waals surface area contributed by atoms with Crippen molar-refractivity contribution in [2.24, 2.45) is 17.8 Å². The molecule has 4 nitrogen and oxygen atoms in total. The van der Waals surface area contributed by atoms with Gasteiger partial charge in [0.05, 0.1) is 13.2 Å². The van der Waals surface area contributed by atoms with E-state index in [4.69, 9.17) is 5.11 Å². The van der Waals surface area contributed by atoms with E-state index in [0.717, 1.165) is 11.8 Å². The number of fused-ring (bicyclic) bond motifs is 2. The molecule has 0 saturated heterocycles. The third kappa shape index (κ3) is 3.73. The molecule has 0 radical (unpaired) electrons. The predicted molar refractivity (Wildman–Crippen MR) is 80.3 cm³/mol. The molecule has 0 aromatic carbocycles. The average Bonchev–Trinajstić information content (AvgIpc) is 3.00. The van der Waals surface area contributed by atoms with Crippen LogP contribution in [0.5, 0.6) is 0 Å². The molecule has 0 heterocycles. The van der Waals surface area contributed by atoms with E-state index in [2.05, 4.69) is 26.1 Å². The van der Waals surface area contributed by atoms with E-state index in [1.165, 1.54) is 25.7 Å². The summed E-state index contributed by atoms with van der Waals surface area (Å²) in [6.45, 7) is 7.34. The molecule has 4 unspecified atom stereocenters. The average molecular weight is 282 g/mol. The van der Waals surface area contributed by atoms with Crippen LogP contribution in [0.25, 0.3) is 0 Å². The molecule has 2 fully saturated rings. The lowest BCUT2D eigenvalue weighted by Crippen LogP contribution is -2.47. The fourth-order valence-corrected chi connectivity index (χ4v) is 4.15. The van der Waals surface area contributed by atoms with Crippen molar-refractivity contribution in [1.82, 2.24) is 10.2 Å². The van der Waals surface area contributed by atoms with Gasteiger partial charge in [-0.25, -0.2) is 0 Å². The van der Waals surface area contributed by atoms with Gasteiger partial charge in [0, 0.05) is 18.6 Å². The second kappa shape index (κ2) is 6.90. The van der Waals surface area contributed by atoms with Gasteiger partial charge in [0.2, 0.25) is 5.91 Å². The molecule has 2 aliphatic rings. The zero-order valence-electron chi connectivity index (χ0n) is 13.1. The quantitative estimate of drug-likeness (QED) is 0.746. The number of hydrogen-bond acceptors (Lipinski definition) is 3. The molecule has 0 aromatic heterocycles. The van der Waals surface area contributed by atoms with Crippen LogP contribution in [0.15, 0.2) is 0 Å². The van der Waals surface area contributed by atoms with Crippen molar-refractivity contribution < 1.29 is 9.90 Å². The van der Waals surface area contributed by atoms with E-state index in [1.807, 2.05) is 4.90 Å². The Balaban J connectivity index is 1.78. The zero-order chi connectivity index (χ0) is 14.7. The molecule has 0 aromatic rings. The van der Waals surface area contributed by atoms with Gasteiger partial charge < -0.3 is 10.4 Å². The predicted octanol–water partition coefficient (Wildman–Crippen LogP) is 1.63. The van der Waals surface area contributed by atoms with Gasteiger partial charge in [0.15, 0.2) is 0 Å². The molecular formula is C16H30N2O2. The van der Waals surface area contributed by atoms with E-state index < -0.39 is 0 Å². The Bertz CT molecular complexity index is 332. The minimum atomic E-state index is 0.0995. The first kappa shape index (κ1) is 15.8. The summed E-state index contributed by atoms with van der Waals surface area (Å²) < 4.78 is 0. The summed E-state index contributed by atoms with van der Waals surface area (Å²) in [6.07, 6.45) is 5.45. The van der Waals surface area contributed by atoms with Crippen LogP contribution in [0.3, 0.4) is 0 Å². The molecule has 4 heteroatoms. The van der Waals surface area contributed by atoms with Gasteiger partial charge in [-0.1, -0.05) is 6.42 Å². The fourth-order valence-electron chi connectivity index (χ4n) is 4.15. The molecule has 2 N–H and O–H groups in total. The summed E-state index contributed by atoms with van der Waals surface area (Å²) in [4.78, 5) is 14.2. The third-order valence-corrected chi connectivity index (χ3v) is 5.29. The highest BCUT2D eigenvalue weighted by Gasteiger charge is 2.42. The first-order chi connectivity index (χ1) is 9.51. The Morgan fingerprint density at radius 3 is 2.55 bits per heavy atom. The monoisotopic (exact) mass is 282 g/mol. The maximum absolute atomic E-state index is 12.2. The van der Waals surface area contributed by atoms with Crippen LogP contribution in [-0.2, 0) is 4.79 Å². The van der Waals surface area contributed by atoms with Crippen molar-refractivity contribution in [2.45, 2.75) is 58.5 Å². The van der Waals surface area contributed by atoms with Crippen LogP contribution >= 0.6 is 0 Å². The van der Waals surface area contributed by atoms with Crippen molar-refractivity contribution in [3.8, 4) is 0 Å². The van der Waals surface area contributed by atoms with E-state index in [-0.39, 0.29) is 18.6 Å². The molecular weight excluding hydrogens is 252 g/mol. The van der Waals surface area contributed by atoms with E-state index in [1.54, 1.807) is 0 Å². The van der Waals surface area contributed by atoms with Gasteiger partial charge in [-0.3, -0.25) is 9.69 Å². The lowest BCUT2D eigenvalue weighted by molar-refractivity contribution is -0.123. The Labute approximate surface area is 122 Å². The number of carbonyl (C=O) groups is 1. The highest BCUT2D eigenvalue weighted by molar-refractivity contribution is 5.78. The molecule has 20 heavy (non-hydrogen) atoms. The molecule has 2 aliphatic carbocycles. The van der Waals surface area contributed by atoms with Gasteiger partial charge in [0.25, 0.3) is 0 Å². The second-order valence-corrected chi connectivity index (χ2v) is 6.98. The highest BCUT2D eigenvalue weighted by atomic mass is 16.3. The molecule has 2 rings (SSSR count). The fraction of sp³-hybridized carbons (Fsp3) is 0.938. The van der Waals surface area contributed by atoms with Crippen molar-refractivity contribution >= 4 is 5.91 Å². The van der Waals surface area contributed by atoms with Crippen LogP contribution in [-0.4, -0.2) is 47.7 Å². The van der Waals surface area contributed by atoms with E-state index >= 15 is 0 Å². The first-order valence-electron chi connectivity index (χ1n) is 8.15. The Hall–Kier alpha value is -0.610. The molecule has 0 spiro atoms. The topological polar surface area (TPSA) is 52.6 Å². The Morgan fingerprint density at radius 1 is 1.30 bits per heavy atom. The van der Waals surface area contributed by atoms with Gasteiger partial charge in [-0.2, -0.15) is 0 Å². The number of aliphatic hydroxyl groups is 1. The summed E-state index contributed by atoms with van der Waals surface area (Å²) >= 11 is 0. The number of carbonyl (C=O) groups excluding carboxylic acids is 1. The largest absolute Gasteiger partial charge is 0.395 e. The van der Waals surface area contributed by atoms with Crippen molar-refractivity contribution in [3.05, 3.63) is 0 Å². The number of amides is 1. The van der Waals surface area contributed by atoms with Gasteiger partial charge >= 0.3 is 0 Å². The van der Waals surface area contributed by atoms with Gasteiger partial charge in [-0.15, -0.1) is 0 Å². The summed E-state index contributed by atoms with van der Waals surface area (Å²) in [5.41, 5.74) is 0. The summed E-state index contributed by atoms with van der Waals surface area (Å²) in [6, 6.07) is 0.576. The van der Waals surface area contributed by atoms with Crippen LogP contribution in [0.1, 0.15) is 46.5 Å². The van der Waals surface area contributed by atoms with Crippen LogP contribution in [0, 0.1) is 17.8 Å². The lowest BCUT2D eigenvalue weighted by Gasteiger charge is -2.30. The SMILES string of the molecule is CC(NC(=O)CN(CCO)C(C)C)C1CC2CCC1C2. The Morgan fingerprint density at radius 2 is 2.05 bits per heavy atom. The number of aliphatic hydroxyl groups excluding tert-OH is 1. The van der Waals surface area contributed by atoms with Crippen molar-refractivity contribution in [2.75, 3.05) is 19.7 Å². The minimum Gasteiger partial charge on any atom is -0.395 e. The molecule has 4 atom stereocenters. The summed E-state index contributed by atoms with van der Waals surface area (Å²) in [5, 5.41) is 12.2. The number of rotatable bonds is 7. The smallest absolute Gasteiger partial charge is 0.234 e. The minimum absolute atomic E-state index is 0.0995. The maximum Gasteiger partial charge on any atom is 0.234 e. The van der Waals surface area contributed by atoms with Crippen LogP contribution in [0.4, 0.5) is 0 Å². The number of nitrogens with zero attached hydrogens (tertiary/aromatic N) is 1. The second-order valence-electron chi connectivity index (χ2n) is 6.98. The lowest BCUT2D eigenvalue weighted by atomic mass is 9.84. The van der Waals surface area contributed by atoms with Gasteiger partial charge in [-0.05, 0) is 57.8 Å². The number of nitrogens with one attached hydrogen (secondary N) is 1. The molecule has 2 bridgehead atoms. The third-order valence-electron chi connectivity index (χ3n) is 5.29. The molecule has 0 aliphatic heterocycles. The van der Waals surface area contributed by atoms with Crippen LogP contribution < -0.4 is 5.32 Å². The Kier molecular flexibility index (Phi) is 5.44. The van der Waals surface area contributed by atoms with Gasteiger partial charge in [0.1, 0.15) is 0 Å². The van der Waals surface area contributed by atoms with E-state index in [0.29, 0.717) is 25.0 Å². The maximum atomic E-state index is 12.2.